The van der Waals surface area contributed by atoms with Crippen molar-refractivity contribution >= 4 is 23.2 Å². The average Bonchev–Trinajstić information content (AvgIpc) is 3.07. The number of benzene rings is 1. The lowest BCUT2D eigenvalue weighted by Crippen LogP contribution is -2.68. The van der Waals surface area contributed by atoms with Crippen LogP contribution in [-0.2, 0) is 32.0 Å². The highest BCUT2D eigenvalue weighted by Gasteiger charge is 2.60. The van der Waals surface area contributed by atoms with Crippen LogP contribution < -0.4 is 0 Å². The van der Waals surface area contributed by atoms with Gasteiger partial charge in [0.05, 0.1) is 13.2 Å². The average molecular weight is 499 g/mol. The monoisotopic (exact) mass is 498 g/mol. The smallest absolute Gasteiger partial charge is 0.409 e. The fourth-order valence-corrected chi connectivity index (χ4v) is 6.61. The van der Waals surface area contributed by atoms with Gasteiger partial charge in [-0.05, 0) is 30.5 Å². The first kappa shape index (κ1) is 25.0. The van der Waals surface area contributed by atoms with E-state index in [4.69, 9.17) is 9.47 Å². The van der Waals surface area contributed by atoms with Gasteiger partial charge in [0.2, 0.25) is 0 Å². The van der Waals surface area contributed by atoms with E-state index in [2.05, 4.69) is 4.90 Å². The maximum absolute atomic E-state index is 13.6. The van der Waals surface area contributed by atoms with Gasteiger partial charge < -0.3 is 19.5 Å². The molecule has 3 aliphatic heterocycles. The number of carbonyl (C=O) groups excluding carboxylic acids is 1. The molecule has 0 spiro atoms. The second-order valence-corrected chi connectivity index (χ2v) is 10.3. The van der Waals surface area contributed by atoms with E-state index in [9.17, 15) is 23.3 Å². The largest absolute Gasteiger partial charge is 0.480 e. The van der Waals surface area contributed by atoms with Crippen molar-refractivity contribution in [1.29, 1.82) is 0 Å². The molecule has 3 fully saturated rings. The predicted octanol–water partition coefficient (Wildman–Crippen LogP) is 0.908. The topological polar surface area (TPSA) is 103 Å². The summed E-state index contributed by atoms with van der Waals surface area (Å²) in [5.74, 6) is -1.35. The second kappa shape index (κ2) is 10.6. The Labute approximate surface area is 200 Å². The zero-order chi connectivity index (χ0) is 24.3. The van der Waals surface area contributed by atoms with Crippen LogP contribution >= 0.6 is 0 Å². The molecule has 3 heterocycles. The summed E-state index contributed by atoms with van der Waals surface area (Å²) in [5, 5.41) is 10.1. The quantitative estimate of drug-likeness (QED) is 0.532. The van der Waals surface area contributed by atoms with Crippen LogP contribution in [-0.4, -0.2) is 111 Å². The van der Waals surface area contributed by atoms with E-state index in [-0.39, 0.29) is 38.2 Å². The number of hydrogen-bond acceptors (Lipinski definition) is 6. The normalized spacial score (nSPS) is 27.0. The van der Waals surface area contributed by atoms with Gasteiger partial charge in [-0.3, -0.25) is 9.69 Å². The van der Waals surface area contributed by atoms with Gasteiger partial charge in [-0.1, -0.05) is 12.1 Å². The third-order valence-corrected chi connectivity index (χ3v) is 8.53. The number of nitrogens with zero attached hydrogens (tertiary/aromatic N) is 4. The van der Waals surface area contributed by atoms with Crippen LogP contribution in [0.25, 0.3) is 0 Å². The summed E-state index contributed by atoms with van der Waals surface area (Å²) in [5.41, 5.74) is -0.397. The molecule has 10 nitrogen and oxygen atoms in total. The molecule has 0 saturated carbocycles. The van der Waals surface area contributed by atoms with Gasteiger partial charge in [0.1, 0.15) is 18.0 Å². The molecule has 0 aromatic heterocycles. The fourth-order valence-electron chi connectivity index (χ4n) is 4.94. The van der Waals surface area contributed by atoms with Gasteiger partial charge in [0, 0.05) is 52.4 Å². The summed E-state index contributed by atoms with van der Waals surface area (Å²) in [6.45, 7) is 3.61. The molecule has 3 saturated heterocycles. The summed E-state index contributed by atoms with van der Waals surface area (Å²) in [7, 11) is 1.50. The van der Waals surface area contributed by atoms with Crippen molar-refractivity contribution in [3.63, 3.8) is 0 Å². The molecule has 0 aliphatic carbocycles. The van der Waals surface area contributed by atoms with Crippen LogP contribution in [0.3, 0.4) is 0 Å². The number of hydrogen-bond donors (Lipinski definition) is 1. The van der Waals surface area contributed by atoms with Crippen molar-refractivity contribution in [2.24, 2.45) is 0 Å². The van der Waals surface area contributed by atoms with E-state index < -0.39 is 28.8 Å². The molecule has 188 valence electrons. The number of fused-ring (bicyclic) bond motifs is 2. The Bertz CT molecular complexity index is 913. The third-order valence-electron chi connectivity index (χ3n) is 6.74. The third kappa shape index (κ3) is 5.10. The number of ether oxygens (including phenoxy) is 2. The standard InChI is InChI=1S/C22H31FN4O6S/c1-32-12-13-33-21(30)25-15-19-6-7-22(16-25,20(28)29)27(19)34(31)26-10-8-24(9-11-26)14-17-2-4-18(23)5-3-17/h2-5,19H,6-16H2,1H3,(H,28,29). The molecule has 2 bridgehead atoms. The van der Waals surface area contributed by atoms with Gasteiger partial charge in [-0.25, -0.2) is 17.7 Å². The number of aliphatic carboxylic acids is 1. The molecule has 34 heavy (non-hydrogen) atoms. The minimum atomic E-state index is -1.64. The number of rotatable bonds is 8. The molecular formula is C22H31FN4O6S. The van der Waals surface area contributed by atoms with Gasteiger partial charge in [0.25, 0.3) is 0 Å². The van der Waals surface area contributed by atoms with Crippen LogP contribution in [0.4, 0.5) is 9.18 Å². The van der Waals surface area contributed by atoms with Gasteiger partial charge in [0.15, 0.2) is 11.2 Å². The maximum atomic E-state index is 13.6. The van der Waals surface area contributed by atoms with E-state index in [1.807, 2.05) is 4.31 Å². The SMILES string of the molecule is COCCOC(=O)N1CC2CCC(C(=O)O)(C1)N2S(=O)N1CCN(Cc2ccc(F)cc2)CC1. The minimum Gasteiger partial charge on any atom is -0.480 e. The molecule has 3 aliphatic rings. The molecule has 1 aromatic rings. The number of piperazine rings is 2. The Morgan fingerprint density at radius 1 is 1.18 bits per heavy atom. The molecule has 0 radical (unpaired) electrons. The first-order chi connectivity index (χ1) is 16.3. The van der Waals surface area contributed by atoms with Crippen molar-refractivity contribution < 1.29 is 32.8 Å². The Hall–Kier alpha value is -2.12. The Kier molecular flexibility index (Phi) is 7.83. The molecule has 3 atom stereocenters. The van der Waals surface area contributed by atoms with Crippen LogP contribution in [0, 0.1) is 5.82 Å². The zero-order valence-electron chi connectivity index (χ0n) is 19.2. The highest BCUT2D eigenvalue weighted by Crippen LogP contribution is 2.41. The van der Waals surface area contributed by atoms with Crippen LogP contribution in [0.2, 0.25) is 0 Å². The summed E-state index contributed by atoms with van der Waals surface area (Å²) < 4.78 is 40.2. The van der Waals surface area contributed by atoms with Crippen molar-refractivity contribution in [3.05, 3.63) is 35.6 Å². The summed E-state index contributed by atoms with van der Waals surface area (Å²) >= 11 is -1.64. The highest BCUT2D eigenvalue weighted by atomic mass is 32.2. The van der Waals surface area contributed by atoms with E-state index in [0.29, 0.717) is 45.6 Å². The van der Waals surface area contributed by atoms with E-state index in [0.717, 1.165) is 5.56 Å². The number of carboxylic acids is 1. The predicted molar refractivity (Wildman–Crippen MR) is 121 cm³/mol. The number of halogens is 1. The van der Waals surface area contributed by atoms with E-state index in [1.165, 1.54) is 24.1 Å². The number of likely N-dealkylation sites (tertiary alicyclic amines) is 1. The maximum Gasteiger partial charge on any atom is 0.409 e. The number of methoxy groups -OCH3 is 1. The molecule has 1 amide bonds. The molecule has 1 aromatic carbocycles. The second-order valence-electron chi connectivity index (χ2n) is 8.91. The number of amides is 1. The highest BCUT2D eigenvalue weighted by molar-refractivity contribution is 7.80. The minimum absolute atomic E-state index is 0.0685. The Balaban J connectivity index is 1.38. The summed E-state index contributed by atoms with van der Waals surface area (Å²) in [6.07, 6.45) is 0.296. The molecule has 1 N–H and O–H groups in total. The zero-order valence-corrected chi connectivity index (χ0v) is 20.0. The molecule has 12 heteroatoms. The lowest BCUT2D eigenvalue weighted by atomic mass is 9.97. The Morgan fingerprint density at radius 2 is 1.88 bits per heavy atom. The fraction of sp³-hybridized carbons (Fsp3) is 0.636. The van der Waals surface area contributed by atoms with Crippen molar-refractivity contribution in [2.45, 2.75) is 31.0 Å². The molecule has 3 unspecified atom stereocenters. The lowest BCUT2D eigenvalue weighted by Gasteiger charge is -2.47. The van der Waals surface area contributed by atoms with Crippen LogP contribution in [0.5, 0.6) is 0 Å². The lowest BCUT2D eigenvalue weighted by molar-refractivity contribution is -0.150. The first-order valence-corrected chi connectivity index (χ1v) is 12.5. The van der Waals surface area contributed by atoms with Gasteiger partial charge in [-0.2, -0.15) is 4.31 Å². The summed E-state index contributed by atoms with van der Waals surface area (Å²) in [4.78, 5) is 28.5. The van der Waals surface area contributed by atoms with Crippen molar-refractivity contribution in [3.8, 4) is 0 Å². The van der Waals surface area contributed by atoms with Crippen LogP contribution in [0.1, 0.15) is 18.4 Å². The van der Waals surface area contributed by atoms with Crippen LogP contribution in [0.15, 0.2) is 24.3 Å². The van der Waals surface area contributed by atoms with Gasteiger partial charge >= 0.3 is 12.1 Å². The summed E-state index contributed by atoms with van der Waals surface area (Å²) in [6, 6.07) is 6.07. The molecule has 4 rings (SSSR count). The van der Waals surface area contributed by atoms with Crippen molar-refractivity contribution in [1.82, 2.24) is 18.4 Å². The molecular weight excluding hydrogens is 467 g/mol. The first-order valence-electron chi connectivity index (χ1n) is 11.4. The van der Waals surface area contributed by atoms with E-state index >= 15 is 0 Å². The van der Waals surface area contributed by atoms with Crippen molar-refractivity contribution in [2.75, 3.05) is 59.6 Å². The van der Waals surface area contributed by atoms with Gasteiger partial charge in [-0.15, -0.1) is 0 Å². The number of carbonyl (C=O) groups is 2. The Morgan fingerprint density at radius 3 is 2.53 bits per heavy atom. The number of carboxylic acid groups (broad SMARTS) is 1. The van der Waals surface area contributed by atoms with E-state index in [1.54, 1.807) is 16.4 Å².